The summed E-state index contributed by atoms with van der Waals surface area (Å²) in [6.45, 7) is 9.74. The van der Waals surface area contributed by atoms with Crippen molar-refractivity contribution in [3.05, 3.63) is 0 Å². The molecule has 0 rings (SSSR count). The minimum absolute atomic E-state index is 0.300. The Balaban J connectivity index is -0.00000107. The fourth-order valence-electron chi connectivity index (χ4n) is 9.19. The van der Waals surface area contributed by atoms with Crippen molar-refractivity contribution >= 4 is 35.8 Å². The number of ether oxygens (including phenoxy) is 4. The van der Waals surface area contributed by atoms with E-state index in [0.29, 0.717) is 19.3 Å². The minimum atomic E-state index is -1.11. The van der Waals surface area contributed by atoms with Gasteiger partial charge in [0.2, 0.25) is 0 Å². The Bertz CT molecular complexity index is 1280. The van der Waals surface area contributed by atoms with Crippen molar-refractivity contribution in [3.63, 3.8) is 0 Å². The van der Waals surface area contributed by atoms with Crippen LogP contribution < -0.4 is 0 Å². The van der Waals surface area contributed by atoms with Gasteiger partial charge in [0, 0.05) is 20.8 Å². The van der Waals surface area contributed by atoms with E-state index < -0.39 is 66.8 Å². The fourth-order valence-corrected chi connectivity index (χ4v) is 9.19. The lowest BCUT2D eigenvalue weighted by atomic mass is 10.0. The predicted molar refractivity (Wildman–Crippen MR) is 311 cm³/mol. The van der Waals surface area contributed by atoms with Crippen LogP contribution in [-0.4, -0.2) is 93.9 Å². The summed E-state index contributed by atoms with van der Waals surface area (Å²) in [6.07, 6.45) is 50.4. The number of carbonyl (C=O) groups excluding carboxylic acids is 4. The fraction of sp³-hybridized carbons (Fsp3) is 0.905. The Kier molecular flexibility index (Phi) is 62.7. The number of carboxylic acid groups (broad SMARTS) is 2. The molecule has 14 heteroatoms. The zero-order chi connectivity index (χ0) is 57.8. The maximum Gasteiger partial charge on any atom is 0.347 e. The van der Waals surface area contributed by atoms with Crippen LogP contribution in [0.4, 0.5) is 0 Å². The number of aliphatic carboxylic acids is 2. The molecule has 4 N–H and O–H groups in total. The van der Waals surface area contributed by atoms with Gasteiger partial charge in [-0.25, -0.2) is 14.4 Å². The van der Waals surface area contributed by atoms with Gasteiger partial charge in [-0.2, -0.15) is 0 Å². The van der Waals surface area contributed by atoms with Gasteiger partial charge in [0.1, 0.15) is 12.7 Å². The summed E-state index contributed by atoms with van der Waals surface area (Å²) >= 11 is 0. The van der Waals surface area contributed by atoms with Crippen LogP contribution in [0.5, 0.6) is 0 Å². The van der Waals surface area contributed by atoms with Crippen molar-refractivity contribution in [1.29, 1.82) is 0 Å². The molecule has 77 heavy (non-hydrogen) atoms. The number of rotatable bonds is 54. The van der Waals surface area contributed by atoms with E-state index in [9.17, 15) is 33.9 Å². The smallest absolute Gasteiger partial charge is 0.347 e. The van der Waals surface area contributed by atoms with Crippen LogP contribution >= 0.6 is 0 Å². The number of aliphatic hydroxyl groups excluding tert-OH is 2. The number of aliphatic hydroxyl groups is 2. The van der Waals surface area contributed by atoms with Crippen molar-refractivity contribution in [2.24, 2.45) is 0 Å². The first kappa shape index (κ1) is 78.0. The van der Waals surface area contributed by atoms with Crippen LogP contribution in [0.25, 0.3) is 0 Å². The van der Waals surface area contributed by atoms with Gasteiger partial charge in [-0.05, 0) is 38.5 Å². The second kappa shape index (κ2) is 61.9. The van der Waals surface area contributed by atoms with Crippen LogP contribution in [0.15, 0.2) is 0 Å². The normalized spacial score (nSPS) is 12.5. The van der Waals surface area contributed by atoms with Gasteiger partial charge < -0.3 is 39.4 Å². The molecule has 14 nitrogen and oxygen atoms in total. The maximum atomic E-state index is 12.0. The van der Waals surface area contributed by atoms with Gasteiger partial charge >= 0.3 is 35.8 Å². The van der Waals surface area contributed by atoms with Crippen molar-refractivity contribution in [2.45, 2.75) is 355 Å². The topological polar surface area (TPSA) is 220 Å². The van der Waals surface area contributed by atoms with Gasteiger partial charge in [-0.15, -0.1) is 0 Å². The molecule has 0 aromatic rings. The number of carbonyl (C=O) groups is 6. The van der Waals surface area contributed by atoms with Crippen LogP contribution in [0, 0.1) is 0 Å². The van der Waals surface area contributed by atoms with Crippen molar-refractivity contribution in [3.8, 4) is 0 Å². The first-order valence-electron chi connectivity index (χ1n) is 31.6. The zero-order valence-corrected chi connectivity index (χ0v) is 50.4. The average molecular weight is 1100 g/mol. The third-order valence-corrected chi connectivity index (χ3v) is 13.8. The van der Waals surface area contributed by atoms with Gasteiger partial charge in [0.05, 0.1) is 6.61 Å². The number of unbranched alkanes of at least 4 members (excludes halogenated alkanes) is 39. The number of hydrogen-bond acceptors (Lipinski definition) is 12. The Hall–Kier alpha value is -3.26. The van der Waals surface area contributed by atoms with Gasteiger partial charge in [0.25, 0.3) is 0 Å². The monoisotopic (exact) mass is 1100 g/mol. The molecular weight excluding hydrogens is 981 g/mol. The molecule has 4 unspecified atom stereocenters. The van der Waals surface area contributed by atoms with E-state index in [1.54, 1.807) is 0 Å². The number of hydrogen-bond donors (Lipinski definition) is 4. The lowest BCUT2D eigenvalue weighted by Crippen LogP contribution is -2.31. The highest BCUT2D eigenvalue weighted by atomic mass is 16.6. The van der Waals surface area contributed by atoms with E-state index in [1.807, 2.05) is 0 Å². The summed E-state index contributed by atoms with van der Waals surface area (Å²) < 4.78 is 19.5. The van der Waals surface area contributed by atoms with E-state index in [1.165, 1.54) is 233 Å². The summed E-state index contributed by atoms with van der Waals surface area (Å²) in [4.78, 5) is 66.6. The molecule has 0 spiro atoms. The molecule has 0 bridgehead atoms. The Morgan fingerprint density at radius 2 is 0.519 bits per heavy atom. The molecule has 0 aromatic carbocycles. The van der Waals surface area contributed by atoms with E-state index in [-0.39, 0.29) is 6.61 Å². The molecule has 0 aliphatic rings. The molecule has 0 aliphatic heterocycles. The quantitative estimate of drug-likeness (QED) is 0.0253. The summed E-state index contributed by atoms with van der Waals surface area (Å²) in [5.41, 5.74) is 0. The number of carboxylic acids is 2. The van der Waals surface area contributed by atoms with Crippen LogP contribution in [0.2, 0.25) is 0 Å². The zero-order valence-electron chi connectivity index (χ0n) is 50.4. The average Bonchev–Trinajstić information content (AvgIpc) is 3.39. The Labute approximate surface area is 470 Å². The van der Waals surface area contributed by atoms with Crippen molar-refractivity contribution < 1.29 is 68.1 Å². The molecule has 0 fully saturated rings. The SMILES string of the molecule is CCCCCCCCCCCCCCCCC(OC(C)=O)C(=O)O.CCCCCCCCCCCCCCCCC(OC(C)=O)C(=O)O.CCCCCCCCCCCCCCCCC(OC(C)=O)C(=O)OCC(O)CO. The highest BCUT2D eigenvalue weighted by Gasteiger charge is 2.24. The largest absolute Gasteiger partial charge is 0.479 e. The van der Waals surface area contributed by atoms with E-state index in [2.05, 4.69) is 20.8 Å². The molecule has 0 saturated carbocycles. The molecular formula is C63H120O14. The summed E-state index contributed by atoms with van der Waals surface area (Å²) in [7, 11) is 0. The van der Waals surface area contributed by atoms with E-state index in [0.717, 1.165) is 57.8 Å². The molecule has 0 aromatic heterocycles. The molecule has 0 saturated heterocycles. The van der Waals surface area contributed by atoms with Crippen LogP contribution in [0.1, 0.15) is 330 Å². The summed E-state index contributed by atoms with van der Waals surface area (Å²) in [5, 5.41) is 35.9. The summed E-state index contributed by atoms with van der Waals surface area (Å²) in [6, 6.07) is 0. The van der Waals surface area contributed by atoms with Crippen LogP contribution in [-0.2, 0) is 47.7 Å². The molecule has 0 radical (unpaired) electrons. The highest BCUT2D eigenvalue weighted by Crippen LogP contribution is 2.18. The first-order chi connectivity index (χ1) is 37.2. The van der Waals surface area contributed by atoms with Crippen LogP contribution in [0.3, 0.4) is 0 Å². The second-order valence-electron chi connectivity index (χ2n) is 21.6. The van der Waals surface area contributed by atoms with Crippen molar-refractivity contribution in [2.75, 3.05) is 13.2 Å². The second-order valence-corrected chi connectivity index (χ2v) is 21.6. The lowest BCUT2D eigenvalue weighted by molar-refractivity contribution is -0.169. The van der Waals surface area contributed by atoms with E-state index >= 15 is 0 Å². The summed E-state index contributed by atoms with van der Waals surface area (Å²) in [5.74, 6) is -4.32. The number of esters is 4. The standard InChI is InChI=1S/C23H44O6.2C20H38O4/c1-3-4-5-6-7-8-9-10-11-12-13-14-15-16-17-22(29-20(2)25)23(27)28-19-21(26)18-24;2*1-3-4-5-6-7-8-9-10-11-12-13-14-15-16-17-19(20(22)23)24-18(2)21/h21-22,24,26H,3-19H2,1-2H3;2*19H,3-17H2,1-2H3,(H,22,23). The molecule has 0 heterocycles. The Morgan fingerprint density at radius 1 is 0.325 bits per heavy atom. The molecule has 0 aliphatic carbocycles. The van der Waals surface area contributed by atoms with Gasteiger partial charge in [-0.3, -0.25) is 14.4 Å². The first-order valence-corrected chi connectivity index (χ1v) is 31.6. The molecule has 0 amide bonds. The van der Waals surface area contributed by atoms with Gasteiger partial charge in [-0.1, -0.05) is 271 Å². The Morgan fingerprint density at radius 3 is 0.714 bits per heavy atom. The highest BCUT2D eigenvalue weighted by molar-refractivity contribution is 5.79. The third-order valence-electron chi connectivity index (χ3n) is 13.8. The molecule has 4 atom stereocenters. The maximum absolute atomic E-state index is 12.0. The lowest BCUT2D eigenvalue weighted by Gasteiger charge is -2.17. The third kappa shape index (κ3) is 63.5. The predicted octanol–water partition coefficient (Wildman–Crippen LogP) is 16.4. The van der Waals surface area contributed by atoms with Gasteiger partial charge in [0.15, 0.2) is 18.3 Å². The minimum Gasteiger partial charge on any atom is -0.479 e. The van der Waals surface area contributed by atoms with Crippen molar-refractivity contribution in [1.82, 2.24) is 0 Å². The molecule has 456 valence electrons. The van der Waals surface area contributed by atoms with E-state index in [4.69, 9.17) is 34.3 Å².